The van der Waals surface area contributed by atoms with Crippen molar-refractivity contribution < 1.29 is 9.59 Å². The van der Waals surface area contributed by atoms with Crippen LogP contribution < -0.4 is 10.6 Å². The van der Waals surface area contributed by atoms with Crippen molar-refractivity contribution in [1.82, 2.24) is 10.6 Å². The van der Waals surface area contributed by atoms with Gasteiger partial charge >= 0.3 is 0 Å². The first kappa shape index (κ1) is 12.7. The monoisotopic (exact) mass is 198 g/mol. The van der Waals surface area contributed by atoms with Crippen LogP contribution in [0.25, 0.3) is 0 Å². The molecule has 0 spiro atoms. The molecule has 14 heavy (non-hydrogen) atoms. The molecule has 0 heterocycles. The summed E-state index contributed by atoms with van der Waals surface area (Å²) in [4.78, 5) is 21.8. The molecule has 0 unspecified atom stereocenters. The molecule has 4 nitrogen and oxygen atoms in total. The highest BCUT2D eigenvalue weighted by molar-refractivity contribution is 5.93. The van der Waals surface area contributed by atoms with Crippen molar-refractivity contribution in [3.05, 3.63) is 11.1 Å². The van der Waals surface area contributed by atoms with Gasteiger partial charge in [-0.15, -0.1) is 0 Å². The lowest BCUT2D eigenvalue weighted by atomic mass is 10.1. The smallest absolute Gasteiger partial charge is 0.246 e. The Hall–Kier alpha value is -1.32. The van der Waals surface area contributed by atoms with Gasteiger partial charge in [0.25, 0.3) is 0 Å². The van der Waals surface area contributed by atoms with E-state index in [1.165, 1.54) is 6.92 Å². The quantitative estimate of drug-likeness (QED) is 0.513. The van der Waals surface area contributed by atoms with E-state index in [9.17, 15) is 9.59 Å². The van der Waals surface area contributed by atoms with Crippen molar-refractivity contribution in [3.63, 3.8) is 0 Å². The second-order valence-corrected chi connectivity index (χ2v) is 3.36. The highest BCUT2D eigenvalue weighted by atomic mass is 16.2. The first-order chi connectivity index (χ1) is 6.45. The van der Waals surface area contributed by atoms with Gasteiger partial charge in [-0.3, -0.25) is 9.59 Å². The Balaban J connectivity index is 3.76. The van der Waals surface area contributed by atoms with Gasteiger partial charge in [-0.25, -0.2) is 0 Å². The lowest BCUT2D eigenvalue weighted by molar-refractivity contribution is -0.120. The van der Waals surface area contributed by atoms with Gasteiger partial charge in [0.2, 0.25) is 11.8 Å². The molecular formula is C10H18N2O2. The van der Waals surface area contributed by atoms with Crippen LogP contribution in [0.4, 0.5) is 0 Å². The molecule has 0 aliphatic carbocycles. The minimum absolute atomic E-state index is 0.0737. The summed E-state index contributed by atoms with van der Waals surface area (Å²) >= 11 is 0. The molecule has 2 N–H and O–H groups in total. The topological polar surface area (TPSA) is 58.2 Å². The van der Waals surface area contributed by atoms with Crippen LogP contribution in [0.5, 0.6) is 0 Å². The lowest BCUT2D eigenvalue weighted by Crippen LogP contribution is -2.34. The molecule has 0 aliphatic rings. The molecule has 0 fully saturated rings. The summed E-state index contributed by atoms with van der Waals surface area (Å²) in [6, 6.07) is 0. The number of allylic oxidation sites excluding steroid dienone is 1. The van der Waals surface area contributed by atoms with Crippen molar-refractivity contribution in [2.24, 2.45) is 0 Å². The van der Waals surface area contributed by atoms with E-state index in [1.54, 1.807) is 6.92 Å². The minimum atomic E-state index is -0.0850. The molecule has 0 aromatic heterocycles. The van der Waals surface area contributed by atoms with Crippen LogP contribution in [0.2, 0.25) is 0 Å². The largest absolute Gasteiger partial charge is 0.355 e. The van der Waals surface area contributed by atoms with E-state index in [0.29, 0.717) is 13.1 Å². The molecule has 0 aromatic rings. The van der Waals surface area contributed by atoms with Gasteiger partial charge in [0.15, 0.2) is 0 Å². The third-order valence-electron chi connectivity index (χ3n) is 1.88. The first-order valence-corrected chi connectivity index (χ1v) is 4.62. The van der Waals surface area contributed by atoms with E-state index in [1.807, 2.05) is 13.8 Å². The Morgan fingerprint density at radius 3 is 1.86 bits per heavy atom. The highest BCUT2D eigenvalue weighted by Crippen LogP contribution is 2.00. The van der Waals surface area contributed by atoms with Crippen molar-refractivity contribution in [2.45, 2.75) is 27.7 Å². The molecule has 80 valence electrons. The van der Waals surface area contributed by atoms with Crippen LogP contribution in [-0.4, -0.2) is 24.9 Å². The molecule has 0 rings (SSSR count). The molecule has 0 aromatic carbocycles. The van der Waals surface area contributed by atoms with Crippen LogP contribution >= 0.6 is 0 Å². The van der Waals surface area contributed by atoms with E-state index in [-0.39, 0.29) is 11.8 Å². The molecule has 0 saturated carbocycles. The maximum Gasteiger partial charge on any atom is 0.246 e. The van der Waals surface area contributed by atoms with Crippen molar-refractivity contribution >= 4 is 11.8 Å². The number of carbonyl (C=O) groups excluding carboxylic acids is 2. The summed E-state index contributed by atoms with van der Waals surface area (Å²) in [6.45, 7) is 7.94. The third-order valence-corrected chi connectivity index (χ3v) is 1.88. The van der Waals surface area contributed by atoms with Crippen molar-refractivity contribution in [3.8, 4) is 0 Å². The number of amides is 2. The summed E-state index contributed by atoms with van der Waals surface area (Å²) in [7, 11) is 0. The third kappa shape index (κ3) is 5.35. The molecule has 0 bridgehead atoms. The zero-order chi connectivity index (χ0) is 11.1. The van der Waals surface area contributed by atoms with Crippen LogP contribution in [0.1, 0.15) is 27.7 Å². The molecule has 0 atom stereocenters. The summed E-state index contributed by atoms with van der Waals surface area (Å²) in [5.74, 6) is -0.159. The molecule has 0 aliphatic heterocycles. The van der Waals surface area contributed by atoms with Gasteiger partial charge in [0, 0.05) is 25.6 Å². The predicted molar refractivity (Wildman–Crippen MR) is 55.7 cm³/mol. The van der Waals surface area contributed by atoms with Crippen LogP contribution in [0.3, 0.4) is 0 Å². The summed E-state index contributed by atoms with van der Waals surface area (Å²) in [5.41, 5.74) is 1.73. The zero-order valence-corrected chi connectivity index (χ0v) is 9.23. The maximum atomic E-state index is 11.3. The fourth-order valence-corrected chi connectivity index (χ4v) is 0.774. The fourth-order valence-electron chi connectivity index (χ4n) is 0.774. The number of hydrogen-bond acceptors (Lipinski definition) is 2. The highest BCUT2D eigenvalue weighted by Gasteiger charge is 2.03. The van der Waals surface area contributed by atoms with E-state index >= 15 is 0 Å². The van der Waals surface area contributed by atoms with Crippen LogP contribution in [0.15, 0.2) is 11.1 Å². The normalized spacial score (nSPS) is 9.14. The number of rotatable bonds is 4. The van der Waals surface area contributed by atoms with Gasteiger partial charge in [-0.2, -0.15) is 0 Å². The zero-order valence-electron chi connectivity index (χ0n) is 9.23. The summed E-state index contributed by atoms with van der Waals surface area (Å²) < 4.78 is 0. The average molecular weight is 198 g/mol. The first-order valence-electron chi connectivity index (χ1n) is 4.62. The second kappa shape index (κ2) is 6.18. The average Bonchev–Trinajstić information content (AvgIpc) is 2.10. The number of nitrogens with one attached hydrogen (secondary N) is 2. The van der Waals surface area contributed by atoms with Gasteiger partial charge < -0.3 is 10.6 Å². The van der Waals surface area contributed by atoms with Crippen molar-refractivity contribution in [1.29, 1.82) is 0 Å². The molecule has 2 amide bonds. The van der Waals surface area contributed by atoms with Gasteiger partial charge in [0.05, 0.1) is 0 Å². The maximum absolute atomic E-state index is 11.3. The van der Waals surface area contributed by atoms with Crippen LogP contribution in [-0.2, 0) is 9.59 Å². The molecule has 0 saturated heterocycles. The molecule has 0 radical (unpaired) electrons. The van der Waals surface area contributed by atoms with E-state index in [0.717, 1.165) is 11.1 Å². The fraction of sp³-hybridized carbons (Fsp3) is 0.600. The SMILES string of the molecule is CC(=O)NCCNC(=O)C(C)=C(C)C. The lowest BCUT2D eigenvalue weighted by Gasteiger charge is -2.06. The number of carbonyl (C=O) groups is 2. The van der Waals surface area contributed by atoms with Gasteiger partial charge in [0.1, 0.15) is 0 Å². The Morgan fingerprint density at radius 1 is 0.929 bits per heavy atom. The molecule has 4 heteroatoms. The molecular weight excluding hydrogens is 180 g/mol. The summed E-state index contributed by atoms with van der Waals surface area (Å²) in [6.07, 6.45) is 0. The van der Waals surface area contributed by atoms with Crippen molar-refractivity contribution in [2.75, 3.05) is 13.1 Å². The Bertz CT molecular complexity index is 253. The standard InChI is InChI=1S/C10H18N2O2/c1-7(2)8(3)10(14)12-6-5-11-9(4)13/h5-6H2,1-4H3,(H,11,13)(H,12,14). The van der Waals surface area contributed by atoms with Gasteiger partial charge in [-0.05, 0) is 20.8 Å². The van der Waals surface area contributed by atoms with E-state index in [2.05, 4.69) is 10.6 Å². The second-order valence-electron chi connectivity index (χ2n) is 3.36. The van der Waals surface area contributed by atoms with E-state index in [4.69, 9.17) is 0 Å². The Kier molecular flexibility index (Phi) is 5.60. The van der Waals surface area contributed by atoms with E-state index < -0.39 is 0 Å². The Labute approximate surface area is 84.8 Å². The predicted octanol–water partition coefficient (Wildman–Crippen LogP) is 0.595. The summed E-state index contributed by atoms with van der Waals surface area (Å²) in [5, 5.41) is 5.31. The minimum Gasteiger partial charge on any atom is -0.355 e. The van der Waals surface area contributed by atoms with Gasteiger partial charge in [-0.1, -0.05) is 5.57 Å². The Morgan fingerprint density at radius 2 is 1.43 bits per heavy atom. The van der Waals surface area contributed by atoms with Crippen LogP contribution in [0, 0.1) is 0 Å². The number of hydrogen-bond donors (Lipinski definition) is 2.